The summed E-state index contributed by atoms with van der Waals surface area (Å²) >= 11 is 0. The number of anilines is 1. The highest BCUT2D eigenvalue weighted by Gasteiger charge is 2.13. The second kappa shape index (κ2) is 7.99. The molecule has 0 spiro atoms. The van der Waals surface area contributed by atoms with Crippen LogP contribution in [0.15, 0.2) is 51.9 Å². The maximum absolute atomic E-state index is 12.3. The minimum absolute atomic E-state index is 0.0529. The monoisotopic (exact) mass is 380 g/mol. The Morgan fingerprint density at radius 2 is 1.86 bits per heavy atom. The fourth-order valence-electron chi connectivity index (χ4n) is 2.51. The van der Waals surface area contributed by atoms with Crippen molar-refractivity contribution in [2.45, 2.75) is 33.2 Å². The van der Waals surface area contributed by atoms with E-state index in [2.05, 4.69) is 15.5 Å². The Kier molecular flexibility index (Phi) is 5.49. The lowest BCUT2D eigenvalue weighted by molar-refractivity contribution is -0.116. The van der Waals surface area contributed by atoms with Gasteiger partial charge in [-0.2, -0.15) is 4.98 Å². The number of nitrogens with one attached hydrogen (secondary N) is 1. The van der Waals surface area contributed by atoms with Crippen molar-refractivity contribution in [1.29, 1.82) is 0 Å². The van der Waals surface area contributed by atoms with Crippen molar-refractivity contribution in [3.05, 3.63) is 64.3 Å². The van der Waals surface area contributed by atoms with Crippen molar-refractivity contribution in [2.75, 3.05) is 5.32 Å². The molecule has 0 aliphatic heterocycles. The highest BCUT2D eigenvalue weighted by molar-refractivity contribution is 5.95. The van der Waals surface area contributed by atoms with Gasteiger partial charge in [-0.1, -0.05) is 19.0 Å². The first-order valence-corrected chi connectivity index (χ1v) is 8.79. The maximum Gasteiger partial charge on any atom is 0.259 e. The molecule has 0 bridgehead atoms. The van der Waals surface area contributed by atoms with Crippen molar-refractivity contribution in [1.82, 2.24) is 14.7 Å². The quantitative estimate of drug-likeness (QED) is 0.659. The molecule has 0 aliphatic carbocycles. The molecule has 8 heteroatoms. The van der Waals surface area contributed by atoms with Crippen molar-refractivity contribution in [2.24, 2.45) is 0 Å². The molecule has 3 rings (SSSR count). The highest BCUT2D eigenvalue weighted by Crippen LogP contribution is 2.18. The van der Waals surface area contributed by atoms with Gasteiger partial charge in [-0.05, 0) is 37.3 Å². The molecular formula is C20H20N4O4. The molecule has 0 aliphatic rings. The maximum atomic E-state index is 12.3. The zero-order valence-corrected chi connectivity index (χ0v) is 15.8. The van der Waals surface area contributed by atoms with Gasteiger partial charge in [0.15, 0.2) is 11.6 Å². The first kappa shape index (κ1) is 19.2. The molecule has 144 valence electrons. The number of amides is 1. The van der Waals surface area contributed by atoms with Crippen LogP contribution in [0.4, 0.5) is 5.69 Å². The number of nitrogens with zero attached hydrogens (tertiary/aromatic N) is 3. The number of pyridine rings is 1. The molecule has 2 heterocycles. The van der Waals surface area contributed by atoms with E-state index in [-0.39, 0.29) is 35.6 Å². The van der Waals surface area contributed by atoms with Gasteiger partial charge < -0.3 is 14.4 Å². The van der Waals surface area contributed by atoms with Gasteiger partial charge in [-0.3, -0.25) is 14.4 Å². The molecule has 0 atom stereocenters. The third kappa shape index (κ3) is 4.40. The van der Waals surface area contributed by atoms with Crippen molar-refractivity contribution in [3.8, 4) is 11.5 Å². The standard InChI is InChI=1S/C20H20N4O4/c1-12(2)19-22-20(28-23-19)15-6-9-18(27)24(10-15)11-17(26)21-16-7-4-14(5-8-16)13(3)25/h4-10,12H,11H2,1-3H3,(H,21,26). The predicted molar refractivity (Wildman–Crippen MR) is 103 cm³/mol. The van der Waals surface area contributed by atoms with Crippen LogP contribution in [0.25, 0.3) is 11.5 Å². The van der Waals surface area contributed by atoms with Gasteiger partial charge >= 0.3 is 0 Å². The van der Waals surface area contributed by atoms with Crippen molar-refractivity contribution < 1.29 is 14.1 Å². The summed E-state index contributed by atoms with van der Waals surface area (Å²) in [4.78, 5) is 40.0. The minimum Gasteiger partial charge on any atom is -0.334 e. The fourth-order valence-corrected chi connectivity index (χ4v) is 2.51. The Morgan fingerprint density at radius 3 is 2.46 bits per heavy atom. The van der Waals surface area contributed by atoms with E-state index in [1.165, 1.54) is 23.8 Å². The normalized spacial score (nSPS) is 10.9. The number of aromatic nitrogens is 3. The molecule has 1 aromatic carbocycles. The highest BCUT2D eigenvalue weighted by atomic mass is 16.5. The van der Waals surface area contributed by atoms with Crippen LogP contribution in [0.1, 0.15) is 42.9 Å². The average molecular weight is 380 g/mol. The number of ketones is 1. The lowest BCUT2D eigenvalue weighted by atomic mass is 10.1. The zero-order valence-electron chi connectivity index (χ0n) is 15.8. The van der Waals surface area contributed by atoms with E-state index in [0.29, 0.717) is 22.6 Å². The number of carbonyl (C=O) groups is 2. The molecule has 0 radical (unpaired) electrons. The van der Waals surface area contributed by atoms with Gasteiger partial charge in [0.2, 0.25) is 5.91 Å². The van der Waals surface area contributed by atoms with Crippen molar-refractivity contribution >= 4 is 17.4 Å². The molecule has 3 aromatic rings. The van der Waals surface area contributed by atoms with Gasteiger partial charge in [-0.15, -0.1) is 0 Å². The lowest BCUT2D eigenvalue weighted by Gasteiger charge is -2.08. The third-order valence-corrected chi connectivity index (χ3v) is 4.08. The average Bonchev–Trinajstić information content (AvgIpc) is 3.14. The second-order valence-electron chi connectivity index (χ2n) is 6.68. The second-order valence-corrected chi connectivity index (χ2v) is 6.68. The van der Waals surface area contributed by atoms with Gasteiger partial charge in [0, 0.05) is 29.4 Å². The van der Waals surface area contributed by atoms with Gasteiger partial charge in [-0.25, -0.2) is 0 Å². The largest absolute Gasteiger partial charge is 0.334 e. The molecular weight excluding hydrogens is 360 g/mol. The number of rotatable bonds is 6. The van der Waals surface area contributed by atoms with Crippen molar-refractivity contribution in [3.63, 3.8) is 0 Å². The Labute approximate surface area is 161 Å². The van der Waals surface area contributed by atoms with Crippen LogP contribution in [0.3, 0.4) is 0 Å². The summed E-state index contributed by atoms with van der Waals surface area (Å²) < 4.78 is 6.51. The number of hydrogen-bond donors (Lipinski definition) is 1. The summed E-state index contributed by atoms with van der Waals surface area (Å²) in [7, 11) is 0. The fraction of sp³-hybridized carbons (Fsp3) is 0.250. The summed E-state index contributed by atoms with van der Waals surface area (Å²) in [6.45, 7) is 5.19. The first-order chi connectivity index (χ1) is 13.3. The number of benzene rings is 1. The minimum atomic E-state index is -0.372. The summed E-state index contributed by atoms with van der Waals surface area (Å²) in [5.41, 5.74) is 1.33. The van der Waals surface area contributed by atoms with E-state index in [1.807, 2.05) is 13.8 Å². The number of hydrogen-bond acceptors (Lipinski definition) is 6. The number of Topliss-reactive ketones (excluding diaryl/α,β-unsaturated/α-hetero) is 1. The van der Waals surface area contributed by atoms with Crippen LogP contribution in [-0.2, 0) is 11.3 Å². The Hall–Kier alpha value is -3.55. The Morgan fingerprint density at radius 1 is 1.14 bits per heavy atom. The third-order valence-electron chi connectivity index (χ3n) is 4.08. The Bertz CT molecular complexity index is 1060. The Balaban J connectivity index is 1.75. The molecule has 28 heavy (non-hydrogen) atoms. The van der Waals surface area contributed by atoms with Crippen LogP contribution in [0, 0.1) is 0 Å². The predicted octanol–water partition coefficient (Wildman–Crippen LogP) is 2.86. The molecule has 0 saturated carbocycles. The molecule has 0 fully saturated rings. The summed E-state index contributed by atoms with van der Waals surface area (Å²) in [5, 5.41) is 6.60. The topological polar surface area (TPSA) is 107 Å². The van der Waals surface area contributed by atoms with E-state index in [4.69, 9.17) is 4.52 Å². The van der Waals surface area contributed by atoms with E-state index in [9.17, 15) is 14.4 Å². The van der Waals surface area contributed by atoms with E-state index in [1.54, 1.807) is 30.3 Å². The lowest BCUT2D eigenvalue weighted by Crippen LogP contribution is -2.26. The first-order valence-electron chi connectivity index (χ1n) is 8.79. The summed E-state index contributed by atoms with van der Waals surface area (Å²) in [6, 6.07) is 9.47. The smallest absolute Gasteiger partial charge is 0.259 e. The van der Waals surface area contributed by atoms with E-state index in [0.717, 1.165) is 0 Å². The van der Waals surface area contributed by atoms with Crippen LogP contribution in [-0.4, -0.2) is 26.4 Å². The van der Waals surface area contributed by atoms with Crippen LogP contribution < -0.4 is 10.9 Å². The molecule has 8 nitrogen and oxygen atoms in total. The number of carbonyl (C=O) groups excluding carboxylic acids is 2. The van der Waals surface area contributed by atoms with Gasteiger partial charge in [0.25, 0.3) is 11.4 Å². The van der Waals surface area contributed by atoms with E-state index < -0.39 is 0 Å². The summed E-state index contributed by atoms with van der Waals surface area (Å²) in [6.07, 6.45) is 1.51. The van der Waals surface area contributed by atoms with Crippen LogP contribution >= 0.6 is 0 Å². The summed E-state index contributed by atoms with van der Waals surface area (Å²) in [5.74, 6) is 0.548. The van der Waals surface area contributed by atoms with Gasteiger partial charge in [0.1, 0.15) is 6.54 Å². The van der Waals surface area contributed by atoms with Crippen LogP contribution in [0.2, 0.25) is 0 Å². The SMILES string of the molecule is CC(=O)c1ccc(NC(=O)Cn2cc(-c3nc(C(C)C)no3)ccc2=O)cc1. The molecule has 1 N–H and O–H groups in total. The molecule has 0 unspecified atom stereocenters. The van der Waals surface area contributed by atoms with E-state index >= 15 is 0 Å². The van der Waals surface area contributed by atoms with Crippen LogP contribution in [0.5, 0.6) is 0 Å². The van der Waals surface area contributed by atoms with Gasteiger partial charge in [0.05, 0.1) is 5.56 Å². The molecule has 2 aromatic heterocycles. The zero-order chi connectivity index (χ0) is 20.3. The molecule has 0 saturated heterocycles. The molecule has 1 amide bonds.